The minimum Gasteiger partial charge on any atom is -0.323 e. The zero-order valence-corrected chi connectivity index (χ0v) is 10.8. The van der Waals surface area contributed by atoms with Gasteiger partial charge in [-0.15, -0.1) is 0 Å². The Kier molecular flexibility index (Phi) is 4.25. The molecule has 0 saturated carbocycles. The van der Waals surface area contributed by atoms with Gasteiger partial charge in [-0.05, 0) is 18.6 Å². The number of amides is 1. The summed E-state index contributed by atoms with van der Waals surface area (Å²) in [5.41, 5.74) is 7.23. The van der Waals surface area contributed by atoms with Crippen molar-refractivity contribution in [2.24, 2.45) is 5.73 Å². The molecule has 0 fully saturated rings. The van der Waals surface area contributed by atoms with E-state index in [4.69, 9.17) is 5.73 Å². The third kappa shape index (κ3) is 3.17. The predicted molar refractivity (Wildman–Crippen MR) is 72.9 cm³/mol. The molecule has 6 nitrogen and oxygen atoms in total. The Morgan fingerprint density at radius 1 is 1.47 bits per heavy atom. The highest BCUT2D eigenvalue weighted by atomic mass is 16.2. The van der Waals surface area contributed by atoms with Crippen LogP contribution >= 0.6 is 0 Å². The van der Waals surface area contributed by atoms with E-state index in [2.05, 4.69) is 15.4 Å². The highest BCUT2D eigenvalue weighted by molar-refractivity contribution is 5.96. The number of nitrogens with one attached hydrogen (secondary N) is 1. The van der Waals surface area contributed by atoms with Gasteiger partial charge in [-0.1, -0.05) is 25.5 Å². The van der Waals surface area contributed by atoms with E-state index in [0.29, 0.717) is 12.1 Å². The van der Waals surface area contributed by atoms with Gasteiger partial charge in [-0.25, -0.2) is 9.67 Å². The Bertz CT molecular complexity index is 538. The third-order valence-electron chi connectivity index (χ3n) is 2.76. The number of carbonyl (C=O) groups is 1. The monoisotopic (exact) mass is 259 g/mol. The summed E-state index contributed by atoms with van der Waals surface area (Å²) in [5.74, 6) is -0.186. The van der Waals surface area contributed by atoms with E-state index < -0.39 is 6.04 Å². The molecule has 0 radical (unpaired) electrons. The SMILES string of the molecule is CCCC(N)C(=O)Nc1ccccc1-n1cncn1. The van der Waals surface area contributed by atoms with Crippen molar-refractivity contribution in [3.8, 4) is 5.69 Å². The molecule has 0 saturated heterocycles. The molecule has 0 aliphatic heterocycles. The van der Waals surface area contributed by atoms with E-state index >= 15 is 0 Å². The van der Waals surface area contributed by atoms with E-state index in [1.807, 2.05) is 31.2 Å². The van der Waals surface area contributed by atoms with Crippen molar-refractivity contribution < 1.29 is 4.79 Å². The van der Waals surface area contributed by atoms with Crippen LogP contribution in [0.5, 0.6) is 0 Å². The van der Waals surface area contributed by atoms with E-state index in [1.165, 1.54) is 6.33 Å². The fraction of sp³-hybridized carbons (Fsp3) is 0.308. The molecule has 1 amide bonds. The van der Waals surface area contributed by atoms with Crippen LogP contribution in [0.1, 0.15) is 19.8 Å². The molecule has 2 aromatic rings. The number of nitrogens with two attached hydrogens (primary N) is 1. The zero-order valence-electron chi connectivity index (χ0n) is 10.8. The van der Waals surface area contributed by atoms with Gasteiger partial charge >= 0.3 is 0 Å². The number of carbonyl (C=O) groups excluding carboxylic acids is 1. The fourth-order valence-corrected chi connectivity index (χ4v) is 1.78. The Morgan fingerprint density at radius 2 is 2.26 bits per heavy atom. The minimum atomic E-state index is -0.492. The summed E-state index contributed by atoms with van der Waals surface area (Å²) in [6.07, 6.45) is 4.56. The van der Waals surface area contributed by atoms with Gasteiger partial charge in [0.1, 0.15) is 12.7 Å². The summed E-state index contributed by atoms with van der Waals surface area (Å²) in [4.78, 5) is 15.8. The second-order valence-electron chi connectivity index (χ2n) is 4.24. The van der Waals surface area contributed by atoms with Gasteiger partial charge in [0.25, 0.3) is 0 Å². The summed E-state index contributed by atoms with van der Waals surface area (Å²) < 4.78 is 1.60. The first-order valence-corrected chi connectivity index (χ1v) is 6.23. The predicted octanol–water partition coefficient (Wildman–Crippen LogP) is 1.33. The molecule has 3 N–H and O–H groups in total. The Morgan fingerprint density at radius 3 is 2.95 bits per heavy atom. The normalized spacial score (nSPS) is 12.1. The van der Waals surface area contributed by atoms with Crippen molar-refractivity contribution in [1.82, 2.24) is 14.8 Å². The van der Waals surface area contributed by atoms with Gasteiger partial charge in [-0.2, -0.15) is 5.10 Å². The van der Waals surface area contributed by atoms with Crippen LogP contribution in [0.25, 0.3) is 5.69 Å². The molecular weight excluding hydrogens is 242 g/mol. The van der Waals surface area contributed by atoms with Crippen LogP contribution < -0.4 is 11.1 Å². The zero-order chi connectivity index (χ0) is 13.7. The average molecular weight is 259 g/mol. The molecule has 19 heavy (non-hydrogen) atoms. The first-order valence-electron chi connectivity index (χ1n) is 6.23. The number of hydrogen-bond donors (Lipinski definition) is 2. The molecule has 100 valence electrons. The van der Waals surface area contributed by atoms with Gasteiger partial charge in [-0.3, -0.25) is 4.79 Å². The molecule has 1 atom stereocenters. The third-order valence-corrected chi connectivity index (χ3v) is 2.76. The molecule has 0 aliphatic rings. The maximum Gasteiger partial charge on any atom is 0.241 e. The van der Waals surface area contributed by atoms with Crippen LogP contribution in [0.3, 0.4) is 0 Å². The van der Waals surface area contributed by atoms with Gasteiger partial charge < -0.3 is 11.1 Å². The lowest BCUT2D eigenvalue weighted by atomic mass is 10.1. The summed E-state index contributed by atoms with van der Waals surface area (Å²) in [6.45, 7) is 2.00. The van der Waals surface area contributed by atoms with Crippen molar-refractivity contribution >= 4 is 11.6 Å². The van der Waals surface area contributed by atoms with E-state index in [1.54, 1.807) is 11.0 Å². The van der Waals surface area contributed by atoms with Crippen LogP contribution in [0.4, 0.5) is 5.69 Å². The standard InChI is InChI=1S/C13H17N5O/c1-2-5-10(14)13(19)17-11-6-3-4-7-12(11)18-9-15-8-16-18/h3-4,6-10H,2,5,14H2,1H3,(H,17,19). The molecular formula is C13H17N5O. The number of nitrogens with zero attached hydrogens (tertiary/aromatic N) is 3. The highest BCUT2D eigenvalue weighted by Gasteiger charge is 2.14. The van der Waals surface area contributed by atoms with Crippen LogP contribution in [0.2, 0.25) is 0 Å². The Balaban J connectivity index is 2.19. The molecule has 0 aliphatic carbocycles. The lowest BCUT2D eigenvalue weighted by Gasteiger charge is -2.14. The summed E-state index contributed by atoms with van der Waals surface area (Å²) in [7, 11) is 0. The van der Waals surface area contributed by atoms with Crippen LogP contribution in [-0.2, 0) is 4.79 Å². The fourth-order valence-electron chi connectivity index (χ4n) is 1.78. The van der Waals surface area contributed by atoms with Crippen molar-refractivity contribution in [1.29, 1.82) is 0 Å². The van der Waals surface area contributed by atoms with E-state index in [9.17, 15) is 4.79 Å². The lowest BCUT2D eigenvalue weighted by molar-refractivity contribution is -0.117. The number of rotatable bonds is 5. The van der Waals surface area contributed by atoms with Crippen molar-refractivity contribution in [2.45, 2.75) is 25.8 Å². The molecule has 6 heteroatoms. The van der Waals surface area contributed by atoms with E-state index in [0.717, 1.165) is 12.1 Å². The molecule has 1 aromatic carbocycles. The van der Waals surface area contributed by atoms with E-state index in [-0.39, 0.29) is 5.91 Å². The summed E-state index contributed by atoms with van der Waals surface area (Å²) in [6, 6.07) is 6.90. The lowest BCUT2D eigenvalue weighted by Crippen LogP contribution is -2.35. The van der Waals surface area contributed by atoms with Gasteiger partial charge in [0.15, 0.2) is 0 Å². The Hall–Kier alpha value is -2.21. The molecule has 0 bridgehead atoms. The highest BCUT2D eigenvalue weighted by Crippen LogP contribution is 2.18. The van der Waals surface area contributed by atoms with Crippen LogP contribution in [0, 0.1) is 0 Å². The first-order chi connectivity index (χ1) is 9.22. The summed E-state index contributed by atoms with van der Waals surface area (Å²) in [5, 5.41) is 6.89. The number of para-hydroxylation sites is 2. The van der Waals surface area contributed by atoms with Crippen molar-refractivity contribution in [2.75, 3.05) is 5.32 Å². The first kappa shape index (κ1) is 13.2. The maximum atomic E-state index is 11.9. The van der Waals surface area contributed by atoms with Gasteiger partial charge in [0.05, 0.1) is 17.4 Å². The number of aromatic nitrogens is 3. The number of hydrogen-bond acceptors (Lipinski definition) is 4. The second-order valence-corrected chi connectivity index (χ2v) is 4.24. The van der Waals surface area contributed by atoms with Crippen molar-refractivity contribution in [3.63, 3.8) is 0 Å². The summed E-state index contributed by atoms with van der Waals surface area (Å²) >= 11 is 0. The molecule has 1 unspecified atom stereocenters. The molecule has 1 heterocycles. The van der Waals surface area contributed by atoms with Gasteiger partial charge in [0, 0.05) is 0 Å². The second kappa shape index (κ2) is 6.10. The largest absolute Gasteiger partial charge is 0.323 e. The molecule has 0 spiro atoms. The van der Waals surface area contributed by atoms with Gasteiger partial charge in [0.2, 0.25) is 5.91 Å². The van der Waals surface area contributed by atoms with Crippen LogP contribution in [0.15, 0.2) is 36.9 Å². The minimum absolute atomic E-state index is 0.186. The van der Waals surface area contributed by atoms with Crippen LogP contribution in [-0.4, -0.2) is 26.7 Å². The average Bonchev–Trinajstić information content (AvgIpc) is 2.93. The number of benzene rings is 1. The molecule has 2 rings (SSSR count). The molecule has 1 aromatic heterocycles. The Labute approximate surface area is 111 Å². The smallest absolute Gasteiger partial charge is 0.241 e. The topological polar surface area (TPSA) is 85.8 Å². The maximum absolute atomic E-state index is 11.9. The van der Waals surface area contributed by atoms with Crippen molar-refractivity contribution in [3.05, 3.63) is 36.9 Å². The quantitative estimate of drug-likeness (QED) is 0.848. The number of anilines is 1.